The maximum atomic E-state index is 12.8. The Morgan fingerprint density at radius 2 is 1.79 bits per heavy atom. The molecular formula is C23H32F3N3. The quantitative estimate of drug-likeness (QED) is 0.412. The molecular weight excluding hydrogens is 375 g/mol. The molecule has 2 rings (SSSR count). The van der Waals surface area contributed by atoms with Crippen molar-refractivity contribution in [2.24, 2.45) is 23.7 Å². The molecule has 1 aromatic heterocycles. The van der Waals surface area contributed by atoms with Gasteiger partial charge in [-0.3, -0.25) is 0 Å². The fourth-order valence-corrected chi connectivity index (χ4v) is 4.10. The first-order valence-corrected chi connectivity index (χ1v) is 10.5. The van der Waals surface area contributed by atoms with Crippen LogP contribution in [0.25, 0.3) is 11.0 Å². The molecule has 3 nitrogen and oxygen atoms in total. The van der Waals surface area contributed by atoms with E-state index in [1.54, 1.807) is 0 Å². The summed E-state index contributed by atoms with van der Waals surface area (Å²) < 4.78 is 40.4. The molecule has 1 heterocycles. The smallest absolute Gasteiger partial charge is 0.242 e. The summed E-state index contributed by atoms with van der Waals surface area (Å²) in [7, 11) is 0. The Labute approximate surface area is 172 Å². The zero-order valence-electron chi connectivity index (χ0n) is 17.8. The summed E-state index contributed by atoms with van der Waals surface area (Å²) in [6.07, 6.45) is 4.90. The number of terminal acetylenes is 1. The lowest BCUT2D eigenvalue weighted by Crippen LogP contribution is -2.23. The van der Waals surface area contributed by atoms with Crippen LogP contribution in [-0.4, -0.2) is 21.2 Å². The van der Waals surface area contributed by atoms with Crippen molar-refractivity contribution < 1.29 is 13.2 Å². The summed E-state index contributed by atoms with van der Waals surface area (Å²) in [5.74, 6) is 2.17. The molecule has 6 heteroatoms. The molecule has 0 saturated carbocycles. The second-order valence-electron chi connectivity index (χ2n) is 8.41. The molecule has 29 heavy (non-hydrogen) atoms. The largest absolute Gasteiger partial charge is 0.391 e. The number of nitrogens with zero attached hydrogens (tertiary/aromatic N) is 3. The summed E-state index contributed by atoms with van der Waals surface area (Å²) >= 11 is 0. The lowest BCUT2D eigenvalue weighted by atomic mass is 9.78. The maximum absolute atomic E-state index is 12.8. The number of hydrogen-bond acceptors (Lipinski definition) is 2. The van der Waals surface area contributed by atoms with Gasteiger partial charge in [0.15, 0.2) is 0 Å². The minimum atomic E-state index is -4.12. The molecule has 0 fully saturated rings. The number of rotatable bonds is 10. The van der Waals surface area contributed by atoms with Crippen molar-refractivity contribution >= 4 is 11.0 Å². The van der Waals surface area contributed by atoms with Crippen molar-refractivity contribution in [1.29, 1.82) is 0 Å². The minimum absolute atomic E-state index is 0.106. The topological polar surface area (TPSA) is 30.7 Å². The van der Waals surface area contributed by atoms with Crippen molar-refractivity contribution in [2.75, 3.05) is 0 Å². The highest BCUT2D eigenvalue weighted by Crippen LogP contribution is 2.35. The highest BCUT2D eigenvalue weighted by Gasteiger charge is 2.35. The van der Waals surface area contributed by atoms with Gasteiger partial charge in [0.05, 0.1) is 17.5 Å². The normalized spacial score (nSPS) is 17.4. The van der Waals surface area contributed by atoms with E-state index >= 15 is 0 Å². The Hall–Kier alpha value is -2.03. The van der Waals surface area contributed by atoms with Crippen LogP contribution in [0.1, 0.15) is 65.8 Å². The molecule has 160 valence electrons. The van der Waals surface area contributed by atoms with Gasteiger partial charge < -0.3 is 0 Å². The third-order valence-corrected chi connectivity index (χ3v) is 6.02. The standard InChI is InChI=1S/C23H32F3N3/c1-6-19(7-2)20(14-16(3)12-13-17(4)23(24,25)26)15-18(5)29-22-11-9-8-10-21(22)27-28-29/h1,8-11,16-20H,7,12-15H2,2-5H3. The number of hydrogen-bond donors (Lipinski definition) is 0. The first-order chi connectivity index (χ1) is 13.7. The molecule has 0 radical (unpaired) electrons. The molecule has 0 spiro atoms. The van der Waals surface area contributed by atoms with Crippen molar-refractivity contribution in [3.63, 3.8) is 0 Å². The third kappa shape index (κ3) is 6.22. The number of halogens is 3. The summed E-state index contributed by atoms with van der Waals surface area (Å²) in [5.41, 5.74) is 1.84. The van der Waals surface area contributed by atoms with Gasteiger partial charge in [0.2, 0.25) is 0 Å². The van der Waals surface area contributed by atoms with E-state index in [2.05, 4.69) is 30.1 Å². The molecule has 0 saturated heterocycles. The van der Waals surface area contributed by atoms with Gasteiger partial charge in [-0.2, -0.15) is 13.2 Å². The number of aromatic nitrogens is 3. The van der Waals surface area contributed by atoms with E-state index in [1.165, 1.54) is 6.92 Å². The number of benzene rings is 1. The van der Waals surface area contributed by atoms with Gasteiger partial charge in [-0.15, -0.1) is 17.4 Å². The van der Waals surface area contributed by atoms with E-state index in [9.17, 15) is 13.2 Å². The van der Waals surface area contributed by atoms with Crippen LogP contribution in [0.3, 0.4) is 0 Å². The Balaban J connectivity index is 2.07. The van der Waals surface area contributed by atoms with E-state index in [0.29, 0.717) is 6.42 Å². The molecule has 0 aliphatic rings. The van der Waals surface area contributed by atoms with Gasteiger partial charge in [-0.25, -0.2) is 4.68 Å². The van der Waals surface area contributed by atoms with Gasteiger partial charge in [0.1, 0.15) is 5.52 Å². The highest BCUT2D eigenvalue weighted by atomic mass is 19.4. The van der Waals surface area contributed by atoms with Crippen LogP contribution in [0.15, 0.2) is 24.3 Å². The van der Waals surface area contributed by atoms with Gasteiger partial charge in [-0.1, -0.05) is 44.5 Å². The highest BCUT2D eigenvalue weighted by molar-refractivity contribution is 5.73. The molecule has 1 aromatic carbocycles. The van der Waals surface area contributed by atoms with Crippen molar-refractivity contribution in [3.8, 4) is 12.3 Å². The summed E-state index contributed by atoms with van der Waals surface area (Å²) in [4.78, 5) is 0. The Morgan fingerprint density at radius 1 is 1.10 bits per heavy atom. The molecule has 5 atom stereocenters. The second kappa shape index (κ2) is 10.1. The van der Waals surface area contributed by atoms with E-state index in [1.807, 2.05) is 35.9 Å². The Bertz CT molecular complexity index is 806. The van der Waals surface area contributed by atoms with Crippen molar-refractivity contribution in [2.45, 2.75) is 72.0 Å². The zero-order chi connectivity index (χ0) is 21.6. The zero-order valence-corrected chi connectivity index (χ0v) is 17.8. The predicted octanol–water partition coefficient (Wildman–Crippen LogP) is 6.66. The van der Waals surface area contributed by atoms with Crippen LogP contribution in [-0.2, 0) is 0 Å². The van der Waals surface area contributed by atoms with Crippen LogP contribution in [0.2, 0.25) is 0 Å². The summed E-state index contributed by atoms with van der Waals surface area (Å²) in [5, 5.41) is 8.55. The predicted molar refractivity (Wildman–Crippen MR) is 111 cm³/mol. The second-order valence-corrected chi connectivity index (χ2v) is 8.41. The summed E-state index contributed by atoms with van der Waals surface area (Å²) in [6, 6.07) is 7.94. The van der Waals surface area contributed by atoms with E-state index in [0.717, 1.165) is 30.3 Å². The third-order valence-electron chi connectivity index (χ3n) is 6.02. The molecule has 0 aliphatic carbocycles. The molecule has 5 unspecified atom stereocenters. The lowest BCUT2D eigenvalue weighted by molar-refractivity contribution is -0.171. The van der Waals surface area contributed by atoms with Crippen LogP contribution in [0.4, 0.5) is 13.2 Å². The van der Waals surface area contributed by atoms with E-state index in [-0.39, 0.29) is 30.2 Å². The number of fused-ring (bicyclic) bond motifs is 1. The minimum Gasteiger partial charge on any atom is -0.242 e. The fraction of sp³-hybridized carbons (Fsp3) is 0.652. The van der Waals surface area contributed by atoms with Crippen LogP contribution >= 0.6 is 0 Å². The fourth-order valence-electron chi connectivity index (χ4n) is 4.10. The molecule has 0 bridgehead atoms. The average Bonchev–Trinajstić information content (AvgIpc) is 3.10. The van der Waals surface area contributed by atoms with Gasteiger partial charge in [0, 0.05) is 5.92 Å². The first kappa shape index (κ1) is 23.3. The van der Waals surface area contributed by atoms with Crippen LogP contribution < -0.4 is 0 Å². The molecule has 0 aliphatic heterocycles. The van der Waals surface area contributed by atoms with Gasteiger partial charge >= 0.3 is 6.18 Å². The lowest BCUT2D eigenvalue weighted by Gasteiger charge is -2.28. The Kier molecular flexibility index (Phi) is 8.13. The molecule has 2 aromatic rings. The Morgan fingerprint density at radius 3 is 2.41 bits per heavy atom. The monoisotopic (exact) mass is 407 g/mol. The molecule has 0 amide bonds. The van der Waals surface area contributed by atoms with Crippen molar-refractivity contribution in [3.05, 3.63) is 24.3 Å². The summed E-state index contributed by atoms with van der Waals surface area (Å²) in [6.45, 7) is 7.48. The van der Waals surface area contributed by atoms with Crippen molar-refractivity contribution in [1.82, 2.24) is 15.0 Å². The van der Waals surface area contributed by atoms with Crippen LogP contribution in [0.5, 0.6) is 0 Å². The first-order valence-electron chi connectivity index (χ1n) is 10.5. The van der Waals surface area contributed by atoms with E-state index < -0.39 is 12.1 Å². The molecule has 0 N–H and O–H groups in total. The van der Waals surface area contributed by atoms with Gasteiger partial charge in [-0.05, 0) is 56.6 Å². The maximum Gasteiger partial charge on any atom is 0.391 e. The van der Waals surface area contributed by atoms with E-state index in [4.69, 9.17) is 6.42 Å². The number of alkyl halides is 3. The number of para-hydroxylation sites is 1. The van der Waals surface area contributed by atoms with Crippen LogP contribution in [0, 0.1) is 36.0 Å². The SMILES string of the molecule is C#CC(CC)C(CC(C)CCC(C)C(F)(F)F)CC(C)n1nnc2ccccc21. The van der Waals surface area contributed by atoms with Gasteiger partial charge in [0.25, 0.3) is 0 Å². The average molecular weight is 408 g/mol.